The zero-order chi connectivity index (χ0) is 18.6. The first-order valence-corrected chi connectivity index (χ1v) is 10.0. The summed E-state index contributed by atoms with van der Waals surface area (Å²) >= 11 is 0. The molecule has 1 atom stereocenters. The highest BCUT2D eigenvalue weighted by Crippen LogP contribution is 2.26. The van der Waals surface area contributed by atoms with E-state index < -0.39 is 0 Å². The van der Waals surface area contributed by atoms with Gasteiger partial charge in [0.15, 0.2) is 6.61 Å². The van der Waals surface area contributed by atoms with Gasteiger partial charge < -0.3 is 10.1 Å². The highest BCUT2D eigenvalue weighted by Gasteiger charge is 2.20. The predicted molar refractivity (Wildman–Crippen MR) is 107 cm³/mol. The predicted octanol–water partition coefficient (Wildman–Crippen LogP) is 3.12. The monoisotopic (exact) mass is 364 g/mol. The van der Waals surface area contributed by atoms with E-state index in [0.717, 1.165) is 38.1 Å². The van der Waals surface area contributed by atoms with Crippen LogP contribution in [-0.2, 0) is 30.6 Å². The summed E-state index contributed by atoms with van der Waals surface area (Å²) in [5, 5.41) is 3.02. The number of amides is 1. The number of benzene rings is 2. The lowest BCUT2D eigenvalue weighted by Gasteiger charge is -2.33. The largest absolute Gasteiger partial charge is 0.484 e. The van der Waals surface area contributed by atoms with Crippen molar-refractivity contribution in [3.05, 3.63) is 64.7 Å². The fourth-order valence-corrected chi connectivity index (χ4v) is 4.12. The lowest BCUT2D eigenvalue weighted by atomic mass is 9.99. The SMILES string of the molecule is C[C@H](CNC(=O)COc1ccc2c(c1)CCC2)N1CCc2ccccc2C1. The van der Waals surface area contributed by atoms with Gasteiger partial charge in [-0.2, -0.15) is 0 Å². The maximum atomic E-state index is 12.2. The number of hydrogen-bond donors (Lipinski definition) is 1. The average molecular weight is 364 g/mol. The van der Waals surface area contributed by atoms with Gasteiger partial charge in [-0.3, -0.25) is 9.69 Å². The zero-order valence-corrected chi connectivity index (χ0v) is 16.0. The van der Waals surface area contributed by atoms with Gasteiger partial charge in [0.1, 0.15) is 5.75 Å². The molecular weight excluding hydrogens is 336 g/mol. The maximum absolute atomic E-state index is 12.2. The Hall–Kier alpha value is -2.33. The van der Waals surface area contributed by atoms with Gasteiger partial charge in [-0.25, -0.2) is 0 Å². The Bertz CT molecular complexity index is 818. The summed E-state index contributed by atoms with van der Waals surface area (Å²) in [5.41, 5.74) is 5.64. The van der Waals surface area contributed by atoms with Crippen LogP contribution in [0.1, 0.15) is 35.6 Å². The maximum Gasteiger partial charge on any atom is 0.257 e. The van der Waals surface area contributed by atoms with Gasteiger partial charge >= 0.3 is 0 Å². The van der Waals surface area contributed by atoms with Crippen molar-refractivity contribution in [3.63, 3.8) is 0 Å². The fourth-order valence-electron chi connectivity index (χ4n) is 4.12. The first-order valence-electron chi connectivity index (χ1n) is 10.0. The van der Waals surface area contributed by atoms with E-state index in [-0.39, 0.29) is 12.5 Å². The molecule has 1 N–H and O–H groups in total. The third kappa shape index (κ3) is 4.33. The van der Waals surface area contributed by atoms with Crippen LogP contribution in [0.3, 0.4) is 0 Å². The number of hydrogen-bond acceptors (Lipinski definition) is 3. The highest BCUT2D eigenvalue weighted by molar-refractivity contribution is 5.77. The van der Waals surface area contributed by atoms with Gasteiger partial charge in [0.25, 0.3) is 5.91 Å². The highest BCUT2D eigenvalue weighted by atomic mass is 16.5. The molecule has 0 unspecified atom stereocenters. The van der Waals surface area contributed by atoms with Crippen LogP contribution in [0.4, 0.5) is 0 Å². The van der Waals surface area contributed by atoms with E-state index in [1.54, 1.807) is 0 Å². The molecule has 0 saturated carbocycles. The number of aryl methyl sites for hydroxylation is 2. The number of rotatable bonds is 6. The molecule has 4 heteroatoms. The van der Waals surface area contributed by atoms with Crippen molar-refractivity contribution in [2.24, 2.45) is 0 Å². The van der Waals surface area contributed by atoms with Crippen molar-refractivity contribution in [1.29, 1.82) is 0 Å². The molecule has 1 heterocycles. The van der Waals surface area contributed by atoms with Crippen LogP contribution in [0, 0.1) is 0 Å². The van der Waals surface area contributed by atoms with E-state index in [2.05, 4.69) is 53.5 Å². The molecular formula is C23H28N2O2. The Morgan fingerprint density at radius 3 is 2.74 bits per heavy atom. The summed E-state index contributed by atoms with van der Waals surface area (Å²) in [4.78, 5) is 14.6. The average Bonchev–Trinajstić information content (AvgIpc) is 3.18. The molecule has 2 aromatic carbocycles. The number of nitrogens with one attached hydrogen (secondary N) is 1. The van der Waals surface area contributed by atoms with Gasteiger partial charge in [-0.1, -0.05) is 30.3 Å². The topological polar surface area (TPSA) is 41.6 Å². The van der Waals surface area contributed by atoms with E-state index >= 15 is 0 Å². The fraction of sp³-hybridized carbons (Fsp3) is 0.435. The van der Waals surface area contributed by atoms with Crippen LogP contribution in [0.25, 0.3) is 0 Å². The second-order valence-corrected chi connectivity index (χ2v) is 7.72. The van der Waals surface area contributed by atoms with Gasteiger partial charge in [-0.05, 0) is 67.0 Å². The van der Waals surface area contributed by atoms with E-state index in [4.69, 9.17) is 4.74 Å². The molecule has 142 valence electrons. The van der Waals surface area contributed by atoms with Crippen molar-refractivity contribution in [2.45, 2.75) is 45.2 Å². The summed E-state index contributed by atoms with van der Waals surface area (Å²) in [6.45, 7) is 4.90. The smallest absolute Gasteiger partial charge is 0.257 e. The van der Waals surface area contributed by atoms with Crippen LogP contribution in [0.15, 0.2) is 42.5 Å². The molecule has 4 nitrogen and oxygen atoms in total. The van der Waals surface area contributed by atoms with Crippen LogP contribution in [0.5, 0.6) is 5.75 Å². The number of fused-ring (bicyclic) bond motifs is 2. The molecule has 0 aromatic heterocycles. The second kappa shape index (κ2) is 8.13. The molecule has 1 aliphatic heterocycles. The molecule has 4 rings (SSSR count). The van der Waals surface area contributed by atoms with Crippen molar-refractivity contribution >= 4 is 5.91 Å². The van der Waals surface area contributed by atoms with Gasteiger partial charge in [0.05, 0.1) is 0 Å². The zero-order valence-electron chi connectivity index (χ0n) is 16.0. The van der Waals surface area contributed by atoms with Crippen LogP contribution in [-0.4, -0.2) is 36.5 Å². The Morgan fingerprint density at radius 1 is 1.07 bits per heavy atom. The summed E-state index contributed by atoms with van der Waals surface area (Å²) in [6.07, 6.45) is 4.58. The molecule has 0 spiro atoms. The normalized spacial score (nSPS) is 17.1. The molecule has 27 heavy (non-hydrogen) atoms. The van der Waals surface area contributed by atoms with E-state index in [0.29, 0.717) is 12.6 Å². The van der Waals surface area contributed by atoms with Gasteiger partial charge in [0, 0.05) is 25.7 Å². The lowest BCUT2D eigenvalue weighted by molar-refractivity contribution is -0.123. The number of carbonyl (C=O) groups excluding carboxylic acids is 1. The Balaban J connectivity index is 1.22. The third-order valence-electron chi connectivity index (χ3n) is 5.82. The van der Waals surface area contributed by atoms with E-state index in [1.807, 2.05) is 6.07 Å². The number of ether oxygens (including phenoxy) is 1. The molecule has 0 radical (unpaired) electrons. The number of nitrogens with zero attached hydrogens (tertiary/aromatic N) is 1. The second-order valence-electron chi connectivity index (χ2n) is 7.72. The van der Waals surface area contributed by atoms with Crippen molar-refractivity contribution in [2.75, 3.05) is 19.7 Å². The van der Waals surface area contributed by atoms with Gasteiger partial charge in [0.2, 0.25) is 0 Å². The van der Waals surface area contributed by atoms with Gasteiger partial charge in [-0.15, -0.1) is 0 Å². The number of carbonyl (C=O) groups is 1. The first-order chi connectivity index (χ1) is 13.2. The summed E-state index contributed by atoms with van der Waals surface area (Å²) < 4.78 is 5.69. The quantitative estimate of drug-likeness (QED) is 0.856. The third-order valence-corrected chi connectivity index (χ3v) is 5.82. The minimum atomic E-state index is -0.0558. The lowest BCUT2D eigenvalue weighted by Crippen LogP contribution is -2.45. The molecule has 2 aromatic rings. The standard InChI is InChI=1S/C23H28N2O2/c1-17(25-12-11-19-5-2-3-6-21(19)15-25)14-24-23(26)16-27-22-10-9-18-7-4-8-20(18)13-22/h2-3,5-6,9-10,13,17H,4,7-8,11-12,14-16H2,1H3,(H,24,26)/t17-/m1/s1. The van der Waals surface area contributed by atoms with E-state index in [9.17, 15) is 4.79 Å². The molecule has 0 bridgehead atoms. The van der Waals surface area contributed by atoms with E-state index in [1.165, 1.54) is 28.7 Å². The van der Waals surface area contributed by atoms with Crippen LogP contribution in [0.2, 0.25) is 0 Å². The molecule has 1 amide bonds. The molecule has 0 fully saturated rings. The Labute approximate surface area is 161 Å². The molecule has 1 aliphatic carbocycles. The summed E-state index contributed by atoms with van der Waals surface area (Å²) in [6, 6.07) is 15.1. The Morgan fingerprint density at radius 2 is 1.85 bits per heavy atom. The van der Waals surface area contributed by atoms with Crippen molar-refractivity contribution < 1.29 is 9.53 Å². The molecule has 2 aliphatic rings. The van der Waals surface area contributed by atoms with Crippen LogP contribution < -0.4 is 10.1 Å². The Kier molecular flexibility index (Phi) is 5.44. The van der Waals surface area contributed by atoms with Crippen molar-refractivity contribution in [3.8, 4) is 5.75 Å². The first kappa shape index (κ1) is 18.1. The van der Waals surface area contributed by atoms with Crippen molar-refractivity contribution in [1.82, 2.24) is 10.2 Å². The summed E-state index contributed by atoms with van der Waals surface area (Å²) in [5.74, 6) is 0.742. The molecule has 0 saturated heterocycles. The van der Waals surface area contributed by atoms with Crippen LogP contribution >= 0.6 is 0 Å². The summed E-state index contributed by atoms with van der Waals surface area (Å²) in [7, 11) is 0. The minimum Gasteiger partial charge on any atom is -0.484 e. The minimum absolute atomic E-state index is 0.0558.